The molecule has 0 radical (unpaired) electrons. The molecule has 2 N–H and O–H groups in total. The summed E-state index contributed by atoms with van der Waals surface area (Å²) in [6, 6.07) is 1.03. The van der Waals surface area contributed by atoms with Gasteiger partial charge in [-0.05, 0) is 12.1 Å². The number of rotatable bonds is 5. The van der Waals surface area contributed by atoms with Gasteiger partial charge in [0.25, 0.3) is 5.91 Å². The fourth-order valence-corrected chi connectivity index (χ4v) is 1.75. The van der Waals surface area contributed by atoms with E-state index in [1.54, 1.807) is 0 Å². The average Bonchev–Trinajstić information content (AvgIpc) is 2.36. The van der Waals surface area contributed by atoms with Gasteiger partial charge in [0.2, 0.25) is 0 Å². The maximum Gasteiger partial charge on any atom is 0.326 e. The minimum atomic E-state index is -1.42. The van der Waals surface area contributed by atoms with Gasteiger partial charge in [0.1, 0.15) is 16.3 Å². The van der Waals surface area contributed by atoms with Crippen molar-refractivity contribution in [2.45, 2.75) is 12.5 Å². The smallest absolute Gasteiger partial charge is 0.326 e. The molecule has 0 aliphatic carbocycles. The van der Waals surface area contributed by atoms with Crippen LogP contribution < -0.4 is 5.32 Å². The minimum absolute atomic E-state index is 0.0116. The van der Waals surface area contributed by atoms with E-state index in [-0.39, 0.29) is 15.9 Å². The fourth-order valence-electron chi connectivity index (χ4n) is 1.29. The van der Waals surface area contributed by atoms with Gasteiger partial charge in [-0.1, -0.05) is 23.2 Å². The molecule has 0 aliphatic heterocycles. The number of nitrogens with one attached hydrogen (secondary N) is 1. The number of halogens is 2. The third-order valence-electron chi connectivity index (χ3n) is 2.23. The predicted molar refractivity (Wildman–Crippen MR) is 69.8 cm³/mol. The zero-order valence-corrected chi connectivity index (χ0v) is 11.7. The molecule has 0 spiro atoms. The molecular formula is C11H10Cl2N2O5. The van der Waals surface area contributed by atoms with Gasteiger partial charge in [-0.15, -0.1) is 0 Å². The number of esters is 1. The molecule has 1 atom stereocenters. The number of aliphatic carboxylic acids is 1. The number of carbonyl (C=O) groups is 3. The third kappa shape index (κ3) is 4.67. The van der Waals surface area contributed by atoms with Crippen molar-refractivity contribution >= 4 is 41.0 Å². The molecule has 108 valence electrons. The van der Waals surface area contributed by atoms with Gasteiger partial charge in [0.15, 0.2) is 0 Å². The molecule has 0 aliphatic rings. The number of aromatic nitrogens is 1. The number of carbonyl (C=O) groups excluding carboxylic acids is 2. The number of pyridine rings is 1. The molecule has 0 fully saturated rings. The molecule has 1 aromatic heterocycles. The number of nitrogens with zero attached hydrogens (tertiary/aromatic N) is 1. The number of methoxy groups -OCH3 is 1. The van der Waals surface area contributed by atoms with Crippen LogP contribution in [0.25, 0.3) is 0 Å². The number of ether oxygens (including phenoxy) is 1. The van der Waals surface area contributed by atoms with E-state index in [0.29, 0.717) is 0 Å². The molecule has 1 amide bonds. The first-order valence-electron chi connectivity index (χ1n) is 5.27. The Balaban J connectivity index is 2.85. The van der Waals surface area contributed by atoms with Gasteiger partial charge < -0.3 is 15.2 Å². The summed E-state index contributed by atoms with van der Waals surface area (Å²) in [6.07, 6.45) is -0.496. The van der Waals surface area contributed by atoms with Crippen LogP contribution >= 0.6 is 23.2 Å². The van der Waals surface area contributed by atoms with Crippen molar-refractivity contribution in [3.8, 4) is 0 Å². The average molecular weight is 321 g/mol. The van der Waals surface area contributed by atoms with Crippen LogP contribution in [0, 0.1) is 0 Å². The Morgan fingerprint density at radius 2 is 1.90 bits per heavy atom. The van der Waals surface area contributed by atoms with Crippen molar-refractivity contribution in [3.63, 3.8) is 0 Å². The van der Waals surface area contributed by atoms with Gasteiger partial charge in [-0.25, -0.2) is 9.78 Å². The second kappa shape index (κ2) is 7.06. The molecule has 1 rings (SSSR count). The summed E-state index contributed by atoms with van der Waals surface area (Å²) in [4.78, 5) is 37.5. The van der Waals surface area contributed by atoms with Crippen molar-refractivity contribution in [2.75, 3.05) is 7.11 Å². The second-order valence-electron chi connectivity index (χ2n) is 3.65. The largest absolute Gasteiger partial charge is 0.480 e. The maximum absolute atomic E-state index is 11.9. The van der Waals surface area contributed by atoms with E-state index in [0.717, 1.165) is 7.11 Å². The summed E-state index contributed by atoms with van der Waals surface area (Å²) in [5.41, 5.74) is 0.0334. The molecule has 0 unspecified atom stereocenters. The topological polar surface area (TPSA) is 106 Å². The van der Waals surface area contributed by atoms with Crippen LogP contribution in [-0.4, -0.2) is 41.1 Å². The van der Waals surface area contributed by atoms with Crippen molar-refractivity contribution in [1.29, 1.82) is 0 Å². The highest BCUT2D eigenvalue weighted by Gasteiger charge is 2.24. The molecule has 0 bridgehead atoms. The Morgan fingerprint density at radius 3 is 2.35 bits per heavy atom. The van der Waals surface area contributed by atoms with Crippen molar-refractivity contribution in [1.82, 2.24) is 10.3 Å². The van der Waals surface area contributed by atoms with Gasteiger partial charge in [-0.2, -0.15) is 0 Å². The summed E-state index contributed by atoms with van der Waals surface area (Å²) < 4.78 is 4.35. The summed E-state index contributed by atoms with van der Waals surface area (Å²) in [7, 11) is 1.12. The third-order valence-corrected chi connectivity index (χ3v) is 2.61. The Hall–Kier alpha value is -1.86. The molecule has 7 nitrogen and oxygen atoms in total. The van der Waals surface area contributed by atoms with Crippen LogP contribution in [0.3, 0.4) is 0 Å². The van der Waals surface area contributed by atoms with Crippen LogP contribution in [-0.2, 0) is 14.3 Å². The van der Waals surface area contributed by atoms with Crippen LogP contribution in [0.4, 0.5) is 0 Å². The van der Waals surface area contributed by atoms with E-state index >= 15 is 0 Å². The van der Waals surface area contributed by atoms with E-state index < -0.39 is 30.3 Å². The fraction of sp³-hybridized carbons (Fsp3) is 0.273. The van der Waals surface area contributed by atoms with Gasteiger partial charge in [0, 0.05) is 5.56 Å². The Kier molecular flexibility index (Phi) is 5.72. The Bertz CT molecular complexity index is 529. The van der Waals surface area contributed by atoms with Crippen molar-refractivity contribution < 1.29 is 24.2 Å². The van der Waals surface area contributed by atoms with Crippen LogP contribution in [0.2, 0.25) is 10.3 Å². The lowest BCUT2D eigenvalue weighted by Gasteiger charge is -2.13. The maximum atomic E-state index is 11.9. The van der Waals surface area contributed by atoms with Gasteiger partial charge in [0.05, 0.1) is 13.5 Å². The molecule has 1 heterocycles. The van der Waals surface area contributed by atoms with Crippen LogP contribution in [0.15, 0.2) is 12.1 Å². The molecule has 0 aromatic carbocycles. The lowest BCUT2D eigenvalue weighted by atomic mass is 10.2. The van der Waals surface area contributed by atoms with Gasteiger partial charge >= 0.3 is 11.9 Å². The van der Waals surface area contributed by atoms with E-state index in [1.807, 2.05) is 0 Å². The zero-order chi connectivity index (χ0) is 15.3. The van der Waals surface area contributed by atoms with Crippen molar-refractivity contribution in [2.24, 2.45) is 0 Å². The number of carboxylic acids is 1. The second-order valence-corrected chi connectivity index (χ2v) is 4.42. The summed E-state index contributed by atoms with van der Waals surface area (Å²) >= 11 is 11.3. The summed E-state index contributed by atoms with van der Waals surface area (Å²) in [6.45, 7) is 0. The highest BCUT2D eigenvalue weighted by molar-refractivity contribution is 6.33. The molecular weight excluding hydrogens is 311 g/mol. The standard InChI is InChI=1S/C11H10Cl2N2O5/c1-20-9(16)4-6(11(18)19)14-10(17)5-2-7(12)15-8(13)3-5/h2-3,6H,4H2,1H3,(H,14,17)(H,18,19)/t6-/m0/s1. The summed E-state index contributed by atoms with van der Waals surface area (Å²) in [5, 5.41) is 11.1. The predicted octanol–water partition coefficient (Wildman–Crippen LogP) is 1.13. The lowest BCUT2D eigenvalue weighted by Crippen LogP contribution is -2.42. The molecule has 9 heteroatoms. The first-order chi connectivity index (χ1) is 9.33. The zero-order valence-electron chi connectivity index (χ0n) is 10.2. The highest BCUT2D eigenvalue weighted by atomic mass is 35.5. The first-order valence-corrected chi connectivity index (χ1v) is 6.02. The Labute approximate surface area is 123 Å². The number of hydrogen-bond acceptors (Lipinski definition) is 5. The molecule has 1 aromatic rings. The number of hydrogen-bond donors (Lipinski definition) is 2. The normalized spacial score (nSPS) is 11.6. The molecule has 0 saturated heterocycles. The first kappa shape index (κ1) is 16.2. The highest BCUT2D eigenvalue weighted by Crippen LogP contribution is 2.14. The number of carboxylic acid groups (broad SMARTS) is 1. The van der Waals surface area contributed by atoms with Crippen LogP contribution in [0.5, 0.6) is 0 Å². The molecule has 20 heavy (non-hydrogen) atoms. The lowest BCUT2D eigenvalue weighted by molar-refractivity contribution is -0.147. The monoisotopic (exact) mass is 320 g/mol. The minimum Gasteiger partial charge on any atom is -0.480 e. The number of amides is 1. The van der Waals surface area contributed by atoms with E-state index in [2.05, 4.69) is 15.0 Å². The Morgan fingerprint density at radius 1 is 1.35 bits per heavy atom. The summed E-state index contributed by atoms with van der Waals surface area (Å²) in [5.74, 6) is -2.87. The SMILES string of the molecule is COC(=O)C[C@H](NC(=O)c1cc(Cl)nc(Cl)c1)C(=O)O. The quantitative estimate of drug-likeness (QED) is 0.622. The van der Waals surface area contributed by atoms with Crippen LogP contribution in [0.1, 0.15) is 16.8 Å². The van der Waals surface area contributed by atoms with E-state index in [1.165, 1.54) is 12.1 Å². The van der Waals surface area contributed by atoms with E-state index in [9.17, 15) is 14.4 Å². The van der Waals surface area contributed by atoms with Gasteiger partial charge in [-0.3, -0.25) is 9.59 Å². The molecule has 0 saturated carbocycles. The van der Waals surface area contributed by atoms with E-state index in [4.69, 9.17) is 28.3 Å². The van der Waals surface area contributed by atoms with Crippen molar-refractivity contribution in [3.05, 3.63) is 28.0 Å².